The molecule has 7 heteroatoms. The van der Waals surface area contributed by atoms with Gasteiger partial charge in [-0.05, 0) is 19.4 Å². The van der Waals surface area contributed by atoms with Crippen molar-refractivity contribution in [3.63, 3.8) is 0 Å². The SMILES string of the molecule is CCc1cc2c(NN)nc(Cc3nc(C)cs3)nc2s1. The maximum absolute atomic E-state index is 5.58. The van der Waals surface area contributed by atoms with E-state index in [2.05, 4.69) is 33.4 Å². The zero-order chi connectivity index (χ0) is 14.1. The van der Waals surface area contributed by atoms with E-state index in [1.807, 2.05) is 12.3 Å². The Morgan fingerprint density at radius 2 is 2.15 bits per heavy atom. The monoisotopic (exact) mass is 305 g/mol. The van der Waals surface area contributed by atoms with E-state index in [-0.39, 0.29) is 0 Å². The number of fused-ring (bicyclic) bond motifs is 1. The quantitative estimate of drug-likeness (QED) is 0.572. The summed E-state index contributed by atoms with van der Waals surface area (Å²) in [6.45, 7) is 4.12. The minimum absolute atomic E-state index is 0.641. The van der Waals surface area contributed by atoms with Crippen molar-refractivity contribution in [3.8, 4) is 0 Å². The van der Waals surface area contributed by atoms with Crippen LogP contribution in [0.1, 0.15) is 28.3 Å². The lowest BCUT2D eigenvalue weighted by Crippen LogP contribution is -2.10. The van der Waals surface area contributed by atoms with Crippen LogP contribution in [0.4, 0.5) is 5.82 Å². The molecule has 3 heterocycles. The van der Waals surface area contributed by atoms with Crippen molar-refractivity contribution < 1.29 is 0 Å². The fourth-order valence-electron chi connectivity index (χ4n) is 2.00. The van der Waals surface area contributed by atoms with Crippen molar-refractivity contribution in [2.75, 3.05) is 5.43 Å². The molecule has 3 rings (SSSR count). The molecule has 0 amide bonds. The molecular formula is C13H15N5S2. The van der Waals surface area contributed by atoms with Gasteiger partial charge in [-0.2, -0.15) is 0 Å². The largest absolute Gasteiger partial charge is 0.308 e. The predicted molar refractivity (Wildman–Crippen MR) is 84.3 cm³/mol. The maximum atomic E-state index is 5.58. The summed E-state index contributed by atoms with van der Waals surface area (Å²) in [5.74, 6) is 7.03. The number of nitrogens with two attached hydrogens (primary N) is 1. The lowest BCUT2D eigenvalue weighted by molar-refractivity contribution is 0.973. The molecule has 0 aliphatic carbocycles. The number of hydrogen-bond acceptors (Lipinski definition) is 7. The number of thiazole rings is 1. The Morgan fingerprint density at radius 3 is 2.80 bits per heavy atom. The molecule has 0 spiro atoms. The van der Waals surface area contributed by atoms with Gasteiger partial charge in [-0.3, -0.25) is 0 Å². The molecule has 0 aromatic carbocycles. The third-order valence-electron chi connectivity index (χ3n) is 2.95. The number of nitrogens with zero attached hydrogens (tertiary/aromatic N) is 3. The summed E-state index contributed by atoms with van der Waals surface area (Å²) in [7, 11) is 0. The average Bonchev–Trinajstić information content (AvgIpc) is 3.03. The molecule has 0 aliphatic heterocycles. The molecule has 0 atom stereocenters. The van der Waals surface area contributed by atoms with E-state index < -0.39 is 0 Å². The first-order chi connectivity index (χ1) is 9.69. The number of nitrogens with one attached hydrogen (secondary N) is 1. The van der Waals surface area contributed by atoms with E-state index in [1.54, 1.807) is 22.7 Å². The van der Waals surface area contributed by atoms with Crippen LogP contribution in [0.25, 0.3) is 10.2 Å². The topological polar surface area (TPSA) is 76.7 Å². The summed E-state index contributed by atoms with van der Waals surface area (Å²) >= 11 is 3.33. The van der Waals surface area contributed by atoms with Gasteiger partial charge in [0.2, 0.25) is 0 Å². The summed E-state index contributed by atoms with van der Waals surface area (Å²) in [4.78, 5) is 15.9. The fraction of sp³-hybridized carbons (Fsp3) is 0.308. The summed E-state index contributed by atoms with van der Waals surface area (Å²) in [6.07, 6.45) is 1.63. The highest BCUT2D eigenvalue weighted by molar-refractivity contribution is 7.18. The Bertz CT molecular complexity index is 746. The van der Waals surface area contributed by atoms with Crippen molar-refractivity contribution in [2.24, 2.45) is 5.84 Å². The number of anilines is 1. The van der Waals surface area contributed by atoms with Crippen molar-refractivity contribution in [1.29, 1.82) is 0 Å². The lowest BCUT2D eigenvalue weighted by Gasteiger charge is -2.03. The Balaban J connectivity index is 2.02. The number of hydrogen-bond donors (Lipinski definition) is 2. The first-order valence-corrected chi connectivity index (χ1v) is 8.06. The van der Waals surface area contributed by atoms with Gasteiger partial charge in [0.05, 0.1) is 11.8 Å². The Kier molecular flexibility index (Phi) is 3.64. The number of thiophene rings is 1. The van der Waals surface area contributed by atoms with Crippen LogP contribution >= 0.6 is 22.7 Å². The van der Waals surface area contributed by atoms with Gasteiger partial charge in [-0.1, -0.05) is 6.92 Å². The molecule has 0 radical (unpaired) electrons. The van der Waals surface area contributed by atoms with Gasteiger partial charge < -0.3 is 5.43 Å². The van der Waals surface area contributed by atoms with E-state index in [0.717, 1.165) is 33.2 Å². The van der Waals surface area contributed by atoms with Crippen LogP contribution in [0.5, 0.6) is 0 Å². The van der Waals surface area contributed by atoms with Gasteiger partial charge in [-0.25, -0.2) is 20.8 Å². The standard InChI is InChI=1S/C13H15N5S2/c1-3-8-4-9-12(18-14)16-10(17-13(9)20-8)5-11-15-7(2)6-19-11/h4,6H,3,5,14H2,1-2H3,(H,16,17,18). The predicted octanol–water partition coefficient (Wildman–Crippen LogP) is 2.90. The van der Waals surface area contributed by atoms with Gasteiger partial charge in [0.15, 0.2) is 5.82 Å². The average molecular weight is 305 g/mol. The van der Waals surface area contributed by atoms with E-state index in [0.29, 0.717) is 12.2 Å². The van der Waals surface area contributed by atoms with Gasteiger partial charge in [0.25, 0.3) is 0 Å². The summed E-state index contributed by atoms with van der Waals surface area (Å²) < 4.78 is 0. The Labute approximate surface area is 124 Å². The minimum atomic E-state index is 0.641. The number of hydrazine groups is 1. The van der Waals surface area contributed by atoms with Crippen LogP contribution in [0.15, 0.2) is 11.4 Å². The summed E-state index contributed by atoms with van der Waals surface area (Å²) in [6, 6.07) is 2.10. The van der Waals surface area contributed by atoms with Gasteiger partial charge in [-0.15, -0.1) is 22.7 Å². The van der Waals surface area contributed by atoms with Crippen LogP contribution in [-0.4, -0.2) is 15.0 Å². The third kappa shape index (κ3) is 2.52. The summed E-state index contributed by atoms with van der Waals surface area (Å²) in [5, 5.41) is 4.06. The Hall–Kier alpha value is -1.57. The molecule has 0 unspecified atom stereocenters. The molecule has 0 saturated carbocycles. The Morgan fingerprint density at radius 1 is 1.30 bits per heavy atom. The number of aromatic nitrogens is 3. The second-order valence-corrected chi connectivity index (χ2v) is 6.54. The normalized spacial score (nSPS) is 11.2. The second kappa shape index (κ2) is 5.43. The molecule has 104 valence electrons. The first kappa shape index (κ1) is 13.4. The van der Waals surface area contributed by atoms with Crippen LogP contribution in [0, 0.1) is 6.92 Å². The molecule has 0 bridgehead atoms. The molecule has 3 aromatic heterocycles. The van der Waals surface area contributed by atoms with Crippen molar-refractivity contribution in [2.45, 2.75) is 26.7 Å². The highest BCUT2D eigenvalue weighted by Gasteiger charge is 2.12. The lowest BCUT2D eigenvalue weighted by atomic mass is 10.3. The van der Waals surface area contributed by atoms with Crippen molar-refractivity contribution in [3.05, 3.63) is 32.8 Å². The van der Waals surface area contributed by atoms with Crippen LogP contribution in [0.2, 0.25) is 0 Å². The fourth-order valence-corrected chi connectivity index (χ4v) is 3.75. The number of rotatable bonds is 4. The molecule has 20 heavy (non-hydrogen) atoms. The number of aryl methyl sites for hydroxylation is 2. The molecule has 0 fully saturated rings. The highest BCUT2D eigenvalue weighted by atomic mass is 32.1. The molecular weight excluding hydrogens is 290 g/mol. The molecule has 0 aliphatic rings. The van der Waals surface area contributed by atoms with E-state index in [1.165, 1.54) is 4.88 Å². The van der Waals surface area contributed by atoms with E-state index in [4.69, 9.17) is 5.84 Å². The molecule has 5 nitrogen and oxygen atoms in total. The minimum Gasteiger partial charge on any atom is -0.308 e. The van der Waals surface area contributed by atoms with E-state index >= 15 is 0 Å². The van der Waals surface area contributed by atoms with Crippen LogP contribution in [0.3, 0.4) is 0 Å². The van der Waals surface area contributed by atoms with E-state index in [9.17, 15) is 0 Å². The highest BCUT2D eigenvalue weighted by Crippen LogP contribution is 2.29. The maximum Gasteiger partial charge on any atom is 0.152 e. The van der Waals surface area contributed by atoms with Crippen LogP contribution < -0.4 is 11.3 Å². The van der Waals surface area contributed by atoms with Gasteiger partial charge in [0, 0.05) is 16.0 Å². The van der Waals surface area contributed by atoms with Crippen molar-refractivity contribution >= 4 is 38.7 Å². The smallest absolute Gasteiger partial charge is 0.152 e. The van der Waals surface area contributed by atoms with Crippen LogP contribution in [-0.2, 0) is 12.8 Å². The molecule has 0 saturated heterocycles. The van der Waals surface area contributed by atoms with Crippen molar-refractivity contribution in [1.82, 2.24) is 15.0 Å². The zero-order valence-corrected chi connectivity index (χ0v) is 12.9. The van der Waals surface area contributed by atoms with Gasteiger partial charge >= 0.3 is 0 Å². The molecule has 3 N–H and O–H groups in total. The second-order valence-electron chi connectivity index (χ2n) is 4.48. The molecule has 3 aromatic rings. The third-order valence-corrected chi connectivity index (χ3v) is 5.09. The number of nitrogen functional groups attached to an aromatic ring is 1. The summed E-state index contributed by atoms with van der Waals surface area (Å²) in [5.41, 5.74) is 3.71. The van der Waals surface area contributed by atoms with Gasteiger partial charge in [0.1, 0.15) is 15.7 Å². The first-order valence-electron chi connectivity index (χ1n) is 6.36. The zero-order valence-electron chi connectivity index (χ0n) is 11.3.